The lowest BCUT2D eigenvalue weighted by Gasteiger charge is -2.44. The van der Waals surface area contributed by atoms with Crippen molar-refractivity contribution in [3.63, 3.8) is 0 Å². The second-order valence-corrected chi connectivity index (χ2v) is 6.04. The quantitative estimate of drug-likeness (QED) is 0.884. The summed E-state index contributed by atoms with van der Waals surface area (Å²) in [6.07, 6.45) is 6.70. The molecule has 0 radical (unpaired) electrons. The molecule has 2 aliphatic rings. The maximum absolute atomic E-state index is 6.17. The van der Waals surface area contributed by atoms with E-state index in [9.17, 15) is 0 Å². The molecular weight excluding hydrogens is 234 g/mol. The molecule has 2 N–H and O–H groups in total. The summed E-state index contributed by atoms with van der Waals surface area (Å²) >= 11 is 0. The Morgan fingerprint density at radius 2 is 1.84 bits per heavy atom. The van der Waals surface area contributed by atoms with Gasteiger partial charge in [0.05, 0.1) is 12.1 Å². The van der Waals surface area contributed by atoms with Gasteiger partial charge in [0.2, 0.25) is 0 Å². The number of nitrogens with two attached hydrogens (primary N) is 1. The minimum absolute atomic E-state index is 0.0614. The summed E-state index contributed by atoms with van der Waals surface area (Å²) in [5.74, 6) is 1.38. The third-order valence-electron chi connectivity index (χ3n) is 4.80. The number of hydrogen-bond acceptors (Lipinski definition) is 3. The zero-order chi connectivity index (χ0) is 13.3. The summed E-state index contributed by atoms with van der Waals surface area (Å²) in [4.78, 5) is 6.81. The van der Waals surface area contributed by atoms with Crippen LogP contribution in [0.1, 0.15) is 39.0 Å². The molecule has 0 saturated heterocycles. The SMILES string of the molecule is CC1(C2CCCCC2)CN=C(N)N1c1ccccc1. The van der Waals surface area contributed by atoms with Crippen LogP contribution in [0.25, 0.3) is 0 Å². The van der Waals surface area contributed by atoms with Crippen LogP contribution in [0.5, 0.6) is 0 Å². The van der Waals surface area contributed by atoms with Crippen LogP contribution in [0, 0.1) is 5.92 Å². The topological polar surface area (TPSA) is 41.6 Å². The number of benzene rings is 1. The number of para-hydroxylation sites is 1. The zero-order valence-corrected chi connectivity index (χ0v) is 11.7. The second-order valence-electron chi connectivity index (χ2n) is 6.04. The minimum atomic E-state index is 0.0614. The van der Waals surface area contributed by atoms with Crippen molar-refractivity contribution < 1.29 is 0 Å². The highest BCUT2D eigenvalue weighted by Gasteiger charge is 2.45. The molecule has 1 fully saturated rings. The number of aliphatic imine (C=N–C) groups is 1. The van der Waals surface area contributed by atoms with Gasteiger partial charge in [-0.2, -0.15) is 0 Å². The van der Waals surface area contributed by atoms with Crippen molar-refractivity contribution in [3.05, 3.63) is 30.3 Å². The Labute approximate surface area is 115 Å². The van der Waals surface area contributed by atoms with Crippen molar-refractivity contribution in [1.29, 1.82) is 0 Å². The number of rotatable bonds is 2. The number of nitrogens with zero attached hydrogens (tertiary/aromatic N) is 2. The third-order valence-corrected chi connectivity index (χ3v) is 4.80. The summed E-state index contributed by atoms with van der Waals surface area (Å²) in [7, 11) is 0. The minimum Gasteiger partial charge on any atom is -0.369 e. The van der Waals surface area contributed by atoms with Crippen LogP contribution < -0.4 is 10.6 Å². The van der Waals surface area contributed by atoms with Gasteiger partial charge in [-0.25, -0.2) is 0 Å². The molecule has 1 atom stereocenters. The lowest BCUT2D eigenvalue weighted by Crippen LogP contribution is -2.55. The molecule has 19 heavy (non-hydrogen) atoms. The van der Waals surface area contributed by atoms with E-state index in [1.165, 1.54) is 37.8 Å². The highest BCUT2D eigenvalue weighted by Crippen LogP contribution is 2.41. The Hall–Kier alpha value is -1.51. The third kappa shape index (κ3) is 2.11. The van der Waals surface area contributed by atoms with E-state index in [0.717, 1.165) is 6.54 Å². The summed E-state index contributed by atoms with van der Waals surface area (Å²) in [5, 5.41) is 0. The van der Waals surface area contributed by atoms with E-state index in [4.69, 9.17) is 5.73 Å². The van der Waals surface area contributed by atoms with Gasteiger partial charge < -0.3 is 10.6 Å². The highest BCUT2D eigenvalue weighted by molar-refractivity contribution is 5.98. The first-order valence-electron chi connectivity index (χ1n) is 7.37. The average Bonchev–Trinajstić information content (AvgIpc) is 2.78. The highest BCUT2D eigenvalue weighted by atomic mass is 15.4. The Morgan fingerprint density at radius 3 is 2.53 bits per heavy atom. The van der Waals surface area contributed by atoms with Gasteiger partial charge in [0.25, 0.3) is 0 Å². The molecule has 0 aromatic heterocycles. The van der Waals surface area contributed by atoms with E-state index in [-0.39, 0.29) is 5.54 Å². The molecule has 102 valence electrons. The lowest BCUT2D eigenvalue weighted by atomic mass is 9.75. The first-order valence-corrected chi connectivity index (χ1v) is 7.37. The van der Waals surface area contributed by atoms with Crippen LogP contribution in [-0.4, -0.2) is 18.0 Å². The Kier molecular flexibility index (Phi) is 3.21. The summed E-state index contributed by atoms with van der Waals surface area (Å²) < 4.78 is 0. The van der Waals surface area contributed by atoms with Crippen LogP contribution >= 0.6 is 0 Å². The molecule has 3 heteroatoms. The van der Waals surface area contributed by atoms with Crippen molar-refractivity contribution in [1.82, 2.24) is 0 Å². The predicted molar refractivity (Wildman–Crippen MR) is 80.4 cm³/mol. The van der Waals surface area contributed by atoms with Crippen LogP contribution in [0.3, 0.4) is 0 Å². The van der Waals surface area contributed by atoms with Crippen molar-refractivity contribution >= 4 is 11.6 Å². The van der Waals surface area contributed by atoms with Gasteiger partial charge in [-0.3, -0.25) is 4.99 Å². The van der Waals surface area contributed by atoms with Gasteiger partial charge in [-0.05, 0) is 37.8 Å². The van der Waals surface area contributed by atoms with Crippen molar-refractivity contribution in [2.24, 2.45) is 16.6 Å². The van der Waals surface area contributed by atoms with E-state index < -0.39 is 0 Å². The van der Waals surface area contributed by atoms with Crippen molar-refractivity contribution in [2.45, 2.75) is 44.6 Å². The number of hydrogen-bond donors (Lipinski definition) is 1. The molecular formula is C16H23N3. The monoisotopic (exact) mass is 257 g/mol. The zero-order valence-electron chi connectivity index (χ0n) is 11.7. The predicted octanol–water partition coefficient (Wildman–Crippen LogP) is 3.16. The van der Waals surface area contributed by atoms with E-state index in [1.807, 2.05) is 6.07 Å². The van der Waals surface area contributed by atoms with Crippen LogP contribution in [0.2, 0.25) is 0 Å². The molecule has 0 bridgehead atoms. The molecule has 1 aromatic rings. The largest absolute Gasteiger partial charge is 0.369 e. The van der Waals surface area contributed by atoms with Crippen molar-refractivity contribution in [2.75, 3.05) is 11.4 Å². The number of guanidine groups is 1. The van der Waals surface area contributed by atoms with Crippen LogP contribution in [0.4, 0.5) is 5.69 Å². The van der Waals surface area contributed by atoms with E-state index in [1.54, 1.807) is 0 Å². The summed E-state index contributed by atoms with van der Waals surface area (Å²) in [5.41, 5.74) is 7.41. The molecule has 3 rings (SSSR count). The van der Waals surface area contributed by atoms with Gasteiger partial charge >= 0.3 is 0 Å². The van der Waals surface area contributed by atoms with E-state index in [0.29, 0.717) is 11.9 Å². The smallest absolute Gasteiger partial charge is 0.196 e. The molecule has 1 aromatic carbocycles. The van der Waals surface area contributed by atoms with Gasteiger partial charge in [-0.1, -0.05) is 37.5 Å². The molecule has 3 nitrogen and oxygen atoms in total. The fraction of sp³-hybridized carbons (Fsp3) is 0.562. The van der Waals surface area contributed by atoms with Crippen molar-refractivity contribution in [3.8, 4) is 0 Å². The van der Waals surface area contributed by atoms with Gasteiger partial charge in [-0.15, -0.1) is 0 Å². The Bertz CT molecular complexity index is 462. The first-order chi connectivity index (χ1) is 9.22. The Morgan fingerprint density at radius 1 is 1.16 bits per heavy atom. The molecule has 0 spiro atoms. The molecule has 1 aliphatic heterocycles. The van der Waals surface area contributed by atoms with Crippen LogP contribution in [-0.2, 0) is 0 Å². The van der Waals surface area contributed by atoms with Crippen LogP contribution in [0.15, 0.2) is 35.3 Å². The first kappa shape index (κ1) is 12.5. The summed E-state index contributed by atoms with van der Waals surface area (Å²) in [6.45, 7) is 3.16. The fourth-order valence-corrected chi connectivity index (χ4v) is 3.68. The van der Waals surface area contributed by atoms with E-state index >= 15 is 0 Å². The van der Waals surface area contributed by atoms with Gasteiger partial charge in [0, 0.05) is 5.69 Å². The standard InChI is InChI=1S/C16H23N3/c1-16(13-8-4-2-5-9-13)12-18-15(17)19(16)14-10-6-3-7-11-14/h3,6-7,10-11,13H,2,4-5,8-9,12H2,1H3,(H2,17,18). The maximum atomic E-state index is 6.17. The normalized spacial score (nSPS) is 28.5. The molecule has 1 saturated carbocycles. The van der Waals surface area contributed by atoms with Gasteiger partial charge in [0.1, 0.15) is 0 Å². The molecule has 1 aliphatic carbocycles. The summed E-state index contributed by atoms with van der Waals surface area (Å²) in [6, 6.07) is 10.5. The Balaban J connectivity index is 1.92. The number of anilines is 1. The maximum Gasteiger partial charge on any atom is 0.196 e. The van der Waals surface area contributed by atoms with Gasteiger partial charge in [0.15, 0.2) is 5.96 Å². The second kappa shape index (κ2) is 4.87. The van der Waals surface area contributed by atoms with E-state index in [2.05, 4.69) is 41.1 Å². The fourth-order valence-electron chi connectivity index (χ4n) is 3.68. The molecule has 0 amide bonds. The molecule has 1 heterocycles. The molecule has 1 unspecified atom stereocenters. The average molecular weight is 257 g/mol. The lowest BCUT2D eigenvalue weighted by molar-refractivity contribution is 0.238.